The van der Waals surface area contributed by atoms with E-state index in [-0.39, 0.29) is 51.4 Å². The maximum atomic E-state index is 12.6. The van der Waals surface area contributed by atoms with E-state index >= 15 is 0 Å². The maximum Gasteiger partial charge on any atom is 1.00 e. The van der Waals surface area contributed by atoms with E-state index in [0.29, 0.717) is 18.2 Å². The predicted octanol–water partition coefficient (Wildman–Crippen LogP) is -0.472. The molecule has 9 heteroatoms. The molecule has 0 radical (unpaired) electrons. The molecule has 0 spiro atoms. The van der Waals surface area contributed by atoms with E-state index in [9.17, 15) is 26.1 Å². The van der Waals surface area contributed by atoms with Crippen LogP contribution in [0.15, 0.2) is 18.2 Å². The number of hydrogen-bond acceptors (Lipinski definition) is 1. The first-order valence-corrected chi connectivity index (χ1v) is 4.21. The summed E-state index contributed by atoms with van der Waals surface area (Å²) in [5.41, 5.74) is -1.22. The summed E-state index contributed by atoms with van der Waals surface area (Å²) >= 11 is 0. The van der Waals surface area contributed by atoms with Crippen LogP contribution in [0.4, 0.5) is 26.1 Å². The fourth-order valence-corrected chi connectivity index (χ4v) is 1.06. The summed E-state index contributed by atoms with van der Waals surface area (Å²) in [6, 6.07) is 1.50. The molecule has 0 heterocycles. The molecular formula is C8H6BF6KO. The molecule has 1 aromatic carbocycles. The van der Waals surface area contributed by atoms with Crippen LogP contribution in [0.3, 0.4) is 0 Å². The summed E-state index contributed by atoms with van der Waals surface area (Å²) < 4.78 is 77.5. The Labute approximate surface area is 136 Å². The second-order valence-electron chi connectivity index (χ2n) is 2.96. The van der Waals surface area contributed by atoms with Gasteiger partial charge in [-0.1, -0.05) is 11.5 Å². The van der Waals surface area contributed by atoms with Gasteiger partial charge in [-0.25, -0.2) is 13.2 Å². The summed E-state index contributed by atoms with van der Waals surface area (Å²) in [4.78, 5) is 0. The Morgan fingerprint density at radius 2 is 1.76 bits per heavy atom. The molecule has 0 aliphatic carbocycles. The monoisotopic (exact) mass is 282 g/mol. The number of rotatable bonds is 4. The first-order valence-electron chi connectivity index (χ1n) is 4.21. The molecule has 0 saturated heterocycles. The largest absolute Gasteiger partial charge is 1.00 e. The predicted molar refractivity (Wildman–Crippen MR) is 46.6 cm³/mol. The molecule has 0 atom stereocenters. The van der Waals surface area contributed by atoms with E-state index in [2.05, 4.69) is 4.74 Å². The molecule has 0 saturated carbocycles. The van der Waals surface area contributed by atoms with Crippen molar-refractivity contribution in [2.45, 2.75) is 6.43 Å². The Morgan fingerprint density at radius 1 is 1.18 bits per heavy atom. The minimum Gasteiger partial charge on any atom is -0.491 e. The van der Waals surface area contributed by atoms with Crippen molar-refractivity contribution in [3.8, 4) is 5.75 Å². The first-order chi connectivity index (χ1) is 7.30. The Kier molecular flexibility index (Phi) is 7.15. The van der Waals surface area contributed by atoms with Gasteiger partial charge in [0.25, 0.3) is 6.43 Å². The van der Waals surface area contributed by atoms with Gasteiger partial charge in [-0.2, -0.15) is 0 Å². The van der Waals surface area contributed by atoms with Crippen molar-refractivity contribution in [1.82, 2.24) is 0 Å². The minimum atomic E-state index is -5.42. The fraction of sp³-hybridized carbons (Fsp3) is 0.250. The maximum absolute atomic E-state index is 12.6. The van der Waals surface area contributed by atoms with Crippen LogP contribution in [-0.2, 0) is 0 Å². The molecule has 0 aliphatic heterocycles. The SMILES string of the molecule is Fc1ccc([B-](F)(F)F)c(OCC(F)F)c1.[K+]. The molecule has 17 heavy (non-hydrogen) atoms. The third-order valence-corrected chi connectivity index (χ3v) is 1.69. The third kappa shape index (κ3) is 5.65. The topological polar surface area (TPSA) is 9.23 Å². The summed E-state index contributed by atoms with van der Waals surface area (Å²) in [6.45, 7) is -6.62. The second kappa shape index (κ2) is 7.03. The molecule has 1 nitrogen and oxygen atoms in total. The van der Waals surface area contributed by atoms with E-state index in [1.807, 2.05) is 0 Å². The fourth-order valence-electron chi connectivity index (χ4n) is 1.06. The molecule has 0 amide bonds. The van der Waals surface area contributed by atoms with Gasteiger partial charge in [0.05, 0.1) is 5.75 Å². The molecule has 0 aliphatic rings. The molecule has 0 N–H and O–H groups in total. The second-order valence-corrected chi connectivity index (χ2v) is 2.96. The summed E-state index contributed by atoms with van der Waals surface area (Å²) in [5.74, 6) is -1.89. The minimum absolute atomic E-state index is 0. The number of ether oxygens (including phenoxy) is 1. The molecular weight excluding hydrogens is 276 g/mol. The zero-order valence-electron chi connectivity index (χ0n) is 8.77. The average molecular weight is 282 g/mol. The number of hydrogen-bond donors (Lipinski definition) is 0. The zero-order chi connectivity index (χ0) is 12.3. The van der Waals surface area contributed by atoms with Crippen molar-refractivity contribution in [2.24, 2.45) is 0 Å². The number of alkyl halides is 2. The Morgan fingerprint density at radius 3 is 2.24 bits per heavy atom. The zero-order valence-corrected chi connectivity index (χ0v) is 11.9. The molecule has 0 bridgehead atoms. The van der Waals surface area contributed by atoms with Crippen LogP contribution in [-0.4, -0.2) is 20.0 Å². The molecule has 1 aromatic rings. The van der Waals surface area contributed by atoms with Gasteiger partial charge in [0.2, 0.25) is 0 Å². The van der Waals surface area contributed by atoms with Crippen molar-refractivity contribution in [1.29, 1.82) is 0 Å². The van der Waals surface area contributed by atoms with Crippen molar-refractivity contribution < 1.29 is 82.2 Å². The molecule has 0 fully saturated rings. The van der Waals surface area contributed by atoms with Gasteiger partial charge in [-0.05, 0) is 6.07 Å². The van der Waals surface area contributed by atoms with Crippen molar-refractivity contribution in [3.63, 3.8) is 0 Å². The number of halogens is 6. The van der Waals surface area contributed by atoms with Crippen LogP contribution in [0.2, 0.25) is 0 Å². The van der Waals surface area contributed by atoms with Crippen LogP contribution in [0.5, 0.6) is 5.75 Å². The summed E-state index contributed by atoms with van der Waals surface area (Å²) in [5, 5.41) is 0. The molecule has 0 aromatic heterocycles. The third-order valence-electron chi connectivity index (χ3n) is 1.69. The van der Waals surface area contributed by atoms with Gasteiger partial charge in [-0.3, -0.25) is 0 Å². The van der Waals surface area contributed by atoms with Crippen molar-refractivity contribution >= 4 is 12.4 Å². The van der Waals surface area contributed by atoms with Gasteiger partial charge in [0.1, 0.15) is 12.4 Å². The van der Waals surface area contributed by atoms with E-state index in [4.69, 9.17) is 0 Å². The Balaban J connectivity index is 0.00000256. The van der Waals surface area contributed by atoms with E-state index in [1.54, 1.807) is 0 Å². The van der Waals surface area contributed by atoms with Gasteiger partial charge >= 0.3 is 58.4 Å². The van der Waals surface area contributed by atoms with Gasteiger partial charge in [-0.15, -0.1) is 0 Å². The van der Waals surface area contributed by atoms with E-state index in [0.717, 1.165) is 0 Å². The van der Waals surface area contributed by atoms with Crippen LogP contribution < -0.4 is 61.6 Å². The van der Waals surface area contributed by atoms with E-state index in [1.165, 1.54) is 0 Å². The standard InChI is InChI=1S/C8H6BF6O.K/c10-5-1-2-6(9(13,14)15)7(3-5)16-4-8(11)12;/h1-3,8H,4H2;/q-1;+1. The van der Waals surface area contributed by atoms with Crippen molar-refractivity contribution in [2.75, 3.05) is 6.61 Å². The smallest absolute Gasteiger partial charge is 0.491 e. The quantitative estimate of drug-likeness (QED) is 0.536. The Hall–Kier alpha value is 0.301. The van der Waals surface area contributed by atoms with Crippen LogP contribution >= 0.6 is 0 Å². The average Bonchev–Trinajstić information content (AvgIpc) is 2.12. The van der Waals surface area contributed by atoms with Crippen LogP contribution in [0.1, 0.15) is 0 Å². The van der Waals surface area contributed by atoms with Crippen LogP contribution in [0.25, 0.3) is 0 Å². The molecule has 1 rings (SSSR count). The van der Waals surface area contributed by atoms with Gasteiger partial charge < -0.3 is 17.7 Å². The molecule has 90 valence electrons. The first kappa shape index (κ1) is 17.3. The Bertz CT molecular complexity index is 370. The number of benzene rings is 1. The van der Waals surface area contributed by atoms with Crippen molar-refractivity contribution in [3.05, 3.63) is 24.0 Å². The van der Waals surface area contributed by atoms with Gasteiger partial charge in [0, 0.05) is 6.07 Å². The summed E-state index contributed by atoms with van der Waals surface area (Å²) in [6.07, 6.45) is -2.92. The normalized spacial score (nSPS) is 11.2. The summed E-state index contributed by atoms with van der Waals surface area (Å²) in [7, 11) is 0. The van der Waals surface area contributed by atoms with E-state index < -0.39 is 37.0 Å². The molecule has 0 unspecified atom stereocenters. The van der Waals surface area contributed by atoms with Gasteiger partial charge in [0.15, 0.2) is 0 Å². The van der Waals surface area contributed by atoms with Crippen LogP contribution in [0, 0.1) is 5.82 Å².